The van der Waals surface area contributed by atoms with E-state index in [1.807, 2.05) is 0 Å². The molecular formula is C12H12F2N4O2S. The summed E-state index contributed by atoms with van der Waals surface area (Å²) in [5.74, 6) is -1.84. The van der Waals surface area contributed by atoms with E-state index in [-0.39, 0.29) is 24.0 Å². The first-order valence-electron chi connectivity index (χ1n) is 6.29. The maximum absolute atomic E-state index is 13.2. The summed E-state index contributed by atoms with van der Waals surface area (Å²) < 4.78 is 52.4. The van der Waals surface area contributed by atoms with Crippen LogP contribution in [0, 0.1) is 11.6 Å². The van der Waals surface area contributed by atoms with Gasteiger partial charge in [0.05, 0.1) is 23.3 Å². The highest BCUT2D eigenvalue weighted by Gasteiger charge is 2.34. The fourth-order valence-electron chi connectivity index (χ4n) is 2.36. The lowest BCUT2D eigenvalue weighted by atomic mass is 10.3. The molecule has 3 rings (SSSR count). The monoisotopic (exact) mass is 314 g/mol. The summed E-state index contributed by atoms with van der Waals surface area (Å²) in [6.45, 7) is 0.432. The van der Waals surface area contributed by atoms with Crippen molar-refractivity contribution >= 4 is 10.0 Å². The Morgan fingerprint density at radius 3 is 2.33 bits per heavy atom. The zero-order valence-electron chi connectivity index (χ0n) is 10.9. The molecule has 9 heteroatoms. The normalized spacial score (nSPS) is 20.0. The van der Waals surface area contributed by atoms with Gasteiger partial charge in [0.15, 0.2) is 0 Å². The molecule has 1 aliphatic heterocycles. The van der Waals surface area contributed by atoms with Crippen molar-refractivity contribution in [1.82, 2.24) is 19.3 Å². The van der Waals surface area contributed by atoms with E-state index in [9.17, 15) is 17.2 Å². The van der Waals surface area contributed by atoms with Gasteiger partial charge in [0, 0.05) is 19.2 Å². The maximum atomic E-state index is 13.2. The molecule has 0 spiro atoms. The van der Waals surface area contributed by atoms with E-state index in [4.69, 9.17) is 0 Å². The van der Waals surface area contributed by atoms with Gasteiger partial charge in [0.25, 0.3) is 0 Å². The van der Waals surface area contributed by atoms with Crippen LogP contribution in [0.2, 0.25) is 0 Å². The second kappa shape index (κ2) is 5.15. The van der Waals surface area contributed by atoms with E-state index >= 15 is 0 Å². The van der Waals surface area contributed by atoms with Crippen LogP contribution in [0.3, 0.4) is 0 Å². The molecule has 1 unspecified atom stereocenters. The fourth-order valence-corrected chi connectivity index (χ4v) is 3.89. The minimum absolute atomic E-state index is 0.173. The first-order valence-corrected chi connectivity index (χ1v) is 7.73. The van der Waals surface area contributed by atoms with Crippen molar-refractivity contribution in [3.8, 4) is 0 Å². The maximum Gasteiger partial charge on any atom is 0.243 e. The van der Waals surface area contributed by atoms with E-state index in [0.29, 0.717) is 12.5 Å². The van der Waals surface area contributed by atoms with Crippen LogP contribution in [0.4, 0.5) is 8.78 Å². The zero-order chi connectivity index (χ0) is 15.0. The van der Waals surface area contributed by atoms with E-state index in [2.05, 4.69) is 10.2 Å². The van der Waals surface area contributed by atoms with Crippen LogP contribution in [0.1, 0.15) is 12.5 Å². The van der Waals surface area contributed by atoms with Gasteiger partial charge in [-0.25, -0.2) is 17.2 Å². The van der Waals surface area contributed by atoms with Crippen molar-refractivity contribution in [1.29, 1.82) is 0 Å². The molecule has 1 aromatic heterocycles. The molecule has 1 fully saturated rings. The van der Waals surface area contributed by atoms with Crippen LogP contribution in [-0.2, 0) is 10.0 Å². The molecule has 0 radical (unpaired) electrons. The van der Waals surface area contributed by atoms with E-state index in [1.54, 1.807) is 0 Å². The molecule has 1 saturated heterocycles. The summed E-state index contributed by atoms with van der Waals surface area (Å²) in [5, 5.41) is 7.96. The number of halogens is 2. The standard InChI is InChI=1S/C12H12F2N4O2S/c13-9-5-10(14)7-12(6-9)21(19,20)17-4-1-11(8-17)18-15-2-3-16-18/h2-3,5-7,11H,1,4,8H2. The molecule has 2 aromatic rings. The zero-order valence-corrected chi connectivity index (χ0v) is 11.7. The Kier molecular flexibility index (Phi) is 3.46. The van der Waals surface area contributed by atoms with Gasteiger partial charge in [0.2, 0.25) is 10.0 Å². The van der Waals surface area contributed by atoms with Crippen molar-refractivity contribution < 1.29 is 17.2 Å². The summed E-state index contributed by atoms with van der Waals surface area (Å²) in [6, 6.07) is 2.10. The minimum atomic E-state index is -3.92. The van der Waals surface area contributed by atoms with E-state index in [0.717, 1.165) is 12.1 Å². The highest BCUT2D eigenvalue weighted by atomic mass is 32.2. The van der Waals surface area contributed by atoms with Crippen molar-refractivity contribution in [3.63, 3.8) is 0 Å². The summed E-state index contributed by atoms with van der Waals surface area (Å²) in [7, 11) is -3.92. The van der Waals surface area contributed by atoms with Crippen LogP contribution >= 0.6 is 0 Å². The Bertz CT molecular complexity index is 728. The van der Waals surface area contributed by atoms with Gasteiger partial charge in [-0.2, -0.15) is 19.3 Å². The van der Waals surface area contributed by atoms with Gasteiger partial charge in [-0.1, -0.05) is 0 Å². The fraction of sp³-hybridized carbons (Fsp3) is 0.333. The van der Waals surface area contributed by atoms with Gasteiger partial charge in [0.1, 0.15) is 11.6 Å². The van der Waals surface area contributed by atoms with Crippen molar-refractivity contribution in [2.75, 3.05) is 13.1 Å². The molecular weight excluding hydrogens is 302 g/mol. The van der Waals surface area contributed by atoms with Gasteiger partial charge < -0.3 is 0 Å². The molecule has 0 aliphatic carbocycles. The lowest BCUT2D eigenvalue weighted by Crippen LogP contribution is -2.29. The number of nitrogens with zero attached hydrogens (tertiary/aromatic N) is 4. The highest BCUT2D eigenvalue weighted by Crippen LogP contribution is 2.27. The van der Waals surface area contributed by atoms with E-state index < -0.39 is 21.7 Å². The Morgan fingerprint density at radius 1 is 1.10 bits per heavy atom. The summed E-state index contributed by atoms with van der Waals surface area (Å²) in [5.41, 5.74) is 0. The molecule has 1 atom stereocenters. The van der Waals surface area contributed by atoms with Crippen LogP contribution in [0.5, 0.6) is 0 Å². The third kappa shape index (κ3) is 2.66. The first kappa shape index (κ1) is 14.1. The molecule has 21 heavy (non-hydrogen) atoms. The van der Waals surface area contributed by atoms with Gasteiger partial charge in [-0.05, 0) is 18.6 Å². The molecule has 0 amide bonds. The van der Waals surface area contributed by atoms with Crippen LogP contribution in [-0.4, -0.2) is 40.8 Å². The number of hydrogen-bond acceptors (Lipinski definition) is 4. The number of hydrogen-bond donors (Lipinski definition) is 0. The second-order valence-electron chi connectivity index (χ2n) is 4.76. The van der Waals surface area contributed by atoms with E-state index in [1.165, 1.54) is 21.5 Å². The lowest BCUT2D eigenvalue weighted by Gasteiger charge is -2.16. The van der Waals surface area contributed by atoms with Crippen LogP contribution < -0.4 is 0 Å². The van der Waals surface area contributed by atoms with Gasteiger partial charge >= 0.3 is 0 Å². The van der Waals surface area contributed by atoms with Crippen LogP contribution in [0.25, 0.3) is 0 Å². The number of rotatable bonds is 3. The molecule has 1 aromatic carbocycles. The number of benzene rings is 1. The predicted octanol–water partition coefficient (Wildman–Crippen LogP) is 1.19. The van der Waals surface area contributed by atoms with Crippen LogP contribution in [0.15, 0.2) is 35.5 Å². The number of sulfonamides is 1. The molecule has 112 valence electrons. The molecule has 6 nitrogen and oxygen atoms in total. The Labute approximate surface area is 120 Å². The molecule has 0 bridgehead atoms. The summed E-state index contributed by atoms with van der Waals surface area (Å²) in [6.07, 6.45) is 3.57. The van der Waals surface area contributed by atoms with Crippen molar-refractivity contribution in [2.45, 2.75) is 17.4 Å². The minimum Gasteiger partial charge on any atom is -0.207 e. The average molecular weight is 314 g/mol. The van der Waals surface area contributed by atoms with Gasteiger partial charge in [-0.3, -0.25) is 0 Å². The molecule has 2 heterocycles. The smallest absolute Gasteiger partial charge is 0.207 e. The summed E-state index contributed by atoms with van der Waals surface area (Å²) >= 11 is 0. The van der Waals surface area contributed by atoms with Crippen molar-refractivity contribution in [3.05, 3.63) is 42.2 Å². The predicted molar refractivity (Wildman–Crippen MR) is 68.8 cm³/mol. The second-order valence-corrected chi connectivity index (χ2v) is 6.70. The average Bonchev–Trinajstić information content (AvgIpc) is 3.09. The quantitative estimate of drug-likeness (QED) is 0.853. The van der Waals surface area contributed by atoms with Crippen molar-refractivity contribution in [2.24, 2.45) is 0 Å². The highest BCUT2D eigenvalue weighted by molar-refractivity contribution is 7.89. The first-order chi connectivity index (χ1) is 9.96. The topological polar surface area (TPSA) is 68.1 Å². The summed E-state index contributed by atoms with van der Waals surface area (Å²) in [4.78, 5) is 1.07. The molecule has 0 N–H and O–H groups in total. The SMILES string of the molecule is O=S(=O)(c1cc(F)cc(F)c1)N1CCC(n2nccn2)C1. The van der Waals surface area contributed by atoms with Gasteiger partial charge in [-0.15, -0.1) is 0 Å². The Morgan fingerprint density at radius 2 is 1.71 bits per heavy atom. The Hall–Kier alpha value is -1.87. The molecule has 1 aliphatic rings. The Balaban J connectivity index is 1.86. The largest absolute Gasteiger partial charge is 0.243 e. The molecule has 0 saturated carbocycles. The lowest BCUT2D eigenvalue weighted by molar-refractivity contribution is 0.402. The third-order valence-electron chi connectivity index (χ3n) is 3.36. The third-order valence-corrected chi connectivity index (χ3v) is 5.21. The number of aromatic nitrogens is 3.